The van der Waals surface area contributed by atoms with Gasteiger partial charge in [0.15, 0.2) is 0 Å². The van der Waals surface area contributed by atoms with E-state index in [2.05, 4.69) is 0 Å². The number of pyridine rings is 1. The number of nitrogens with zero attached hydrogens (tertiary/aromatic N) is 2. The molecule has 8 heteroatoms. The molecule has 0 amide bonds. The summed E-state index contributed by atoms with van der Waals surface area (Å²) in [5.41, 5.74) is 7.33. The van der Waals surface area contributed by atoms with Crippen LogP contribution >= 0.6 is 11.3 Å². The van der Waals surface area contributed by atoms with Crippen LogP contribution in [0.2, 0.25) is 0 Å². The van der Waals surface area contributed by atoms with Crippen LogP contribution < -0.4 is 16.1 Å². The van der Waals surface area contributed by atoms with Gasteiger partial charge in [0.25, 0.3) is 0 Å². The first-order chi connectivity index (χ1) is 14.0. The summed E-state index contributed by atoms with van der Waals surface area (Å²) in [6, 6.07) is 1.39. The Morgan fingerprint density at radius 1 is 1.45 bits per heavy atom. The number of carbonyl (C=O) groups is 1. The van der Waals surface area contributed by atoms with Crippen LogP contribution in [0.15, 0.2) is 28.5 Å². The highest BCUT2D eigenvalue weighted by Crippen LogP contribution is 2.40. The van der Waals surface area contributed by atoms with Gasteiger partial charge in [0.05, 0.1) is 23.2 Å². The van der Waals surface area contributed by atoms with Crippen molar-refractivity contribution in [1.29, 1.82) is 0 Å². The van der Waals surface area contributed by atoms with Gasteiger partial charge in [0.1, 0.15) is 16.2 Å². The molecular formula is C21H20FN3O3S. The highest BCUT2D eigenvalue weighted by atomic mass is 32.1. The lowest BCUT2D eigenvalue weighted by atomic mass is 10.0. The molecule has 0 bridgehead atoms. The van der Waals surface area contributed by atoms with Crippen LogP contribution in [-0.2, 0) is 4.74 Å². The van der Waals surface area contributed by atoms with E-state index in [4.69, 9.17) is 10.5 Å². The molecule has 1 fully saturated rings. The van der Waals surface area contributed by atoms with Crippen LogP contribution in [0.5, 0.6) is 0 Å². The second-order valence-electron chi connectivity index (χ2n) is 7.46. The average molecular weight is 413 g/mol. The predicted molar refractivity (Wildman–Crippen MR) is 112 cm³/mol. The van der Waals surface area contributed by atoms with Gasteiger partial charge in [-0.1, -0.05) is 12.2 Å². The number of aromatic nitrogens is 1. The van der Waals surface area contributed by atoms with Crippen molar-refractivity contribution in [3.8, 4) is 0 Å². The van der Waals surface area contributed by atoms with Crippen LogP contribution in [-0.4, -0.2) is 35.6 Å². The van der Waals surface area contributed by atoms with Crippen molar-refractivity contribution >= 4 is 44.8 Å². The zero-order valence-electron chi connectivity index (χ0n) is 15.9. The molecule has 6 nitrogen and oxygen atoms in total. The number of ether oxygens (including phenoxy) is 1. The highest BCUT2D eigenvalue weighted by molar-refractivity contribution is 7.16. The Morgan fingerprint density at radius 3 is 3.07 bits per heavy atom. The van der Waals surface area contributed by atoms with Crippen molar-refractivity contribution in [3.05, 3.63) is 50.9 Å². The molecule has 5 rings (SSSR count). The number of carbonyl (C=O) groups excluding carboxylic acids is 1. The molecule has 0 unspecified atom stereocenters. The molecule has 0 saturated carbocycles. The van der Waals surface area contributed by atoms with Crippen LogP contribution in [0.4, 0.5) is 10.1 Å². The van der Waals surface area contributed by atoms with Crippen molar-refractivity contribution in [1.82, 2.24) is 4.40 Å². The summed E-state index contributed by atoms with van der Waals surface area (Å²) in [6.45, 7) is 2.42. The topological polar surface area (TPSA) is 77.0 Å². The SMILES string of the molecule is CCOC(=O)c1c(=O)c2cc(F)c3c(c2n2ccsc12)C=CC[C@@H]1C[C@H](N)CN31. The highest BCUT2D eigenvalue weighted by Gasteiger charge is 2.35. The van der Waals surface area contributed by atoms with E-state index >= 15 is 4.39 Å². The number of benzene rings is 1. The van der Waals surface area contributed by atoms with E-state index in [-0.39, 0.29) is 29.6 Å². The number of anilines is 1. The lowest BCUT2D eigenvalue weighted by molar-refractivity contribution is 0.0527. The van der Waals surface area contributed by atoms with E-state index in [9.17, 15) is 9.59 Å². The molecule has 1 saturated heterocycles. The molecule has 2 aromatic heterocycles. The first-order valence-electron chi connectivity index (χ1n) is 9.65. The Kier molecular flexibility index (Phi) is 4.22. The van der Waals surface area contributed by atoms with E-state index in [0.29, 0.717) is 28.1 Å². The third-order valence-electron chi connectivity index (χ3n) is 5.70. The molecule has 0 aliphatic carbocycles. The Morgan fingerprint density at radius 2 is 2.28 bits per heavy atom. The number of rotatable bonds is 2. The Labute approximate surface area is 170 Å². The minimum absolute atomic E-state index is 0.00970. The Bertz CT molecular complexity index is 1250. The first-order valence-corrected chi connectivity index (χ1v) is 10.5. The third kappa shape index (κ3) is 2.63. The minimum Gasteiger partial charge on any atom is -0.462 e. The molecule has 2 aliphatic heterocycles. The molecule has 2 aliphatic rings. The summed E-state index contributed by atoms with van der Waals surface area (Å²) in [6.07, 6.45) is 7.28. The first kappa shape index (κ1) is 18.3. The van der Waals surface area contributed by atoms with E-state index < -0.39 is 17.2 Å². The number of hydrogen-bond donors (Lipinski definition) is 1. The van der Waals surface area contributed by atoms with Crippen molar-refractivity contribution in [2.45, 2.75) is 31.8 Å². The van der Waals surface area contributed by atoms with E-state index in [1.165, 1.54) is 17.4 Å². The number of halogens is 1. The van der Waals surface area contributed by atoms with E-state index in [1.807, 2.05) is 22.4 Å². The van der Waals surface area contributed by atoms with Gasteiger partial charge in [0, 0.05) is 35.8 Å². The fourth-order valence-electron chi connectivity index (χ4n) is 4.58. The summed E-state index contributed by atoms with van der Waals surface area (Å²) < 4.78 is 22.2. The van der Waals surface area contributed by atoms with Crippen molar-refractivity contribution in [2.24, 2.45) is 5.73 Å². The van der Waals surface area contributed by atoms with Crippen LogP contribution in [0, 0.1) is 5.82 Å². The van der Waals surface area contributed by atoms with Crippen molar-refractivity contribution < 1.29 is 13.9 Å². The summed E-state index contributed by atoms with van der Waals surface area (Å²) >= 11 is 1.29. The molecule has 2 atom stereocenters. The fourth-order valence-corrected chi connectivity index (χ4v) is 5.45. The van der Waals surface area contributed by atoms with Gasteiger partial charge in [0.2, 0.25) is 5.43 Å². The summed E-state index contributed by atoms with van der Waals surface area (Å²) in [7, 11) is 0. The molecule has 3 aromatic rings. The van der Waals surface area contributed by atoms with Gasteiger partial charge in [-0.15, -0.1) is 11.3 Å². The maximum absolute atomic E-state index is 15.4. The monoisotopic (exact) mass is 413 g/mol. The van der Waals surface area contributed by atoms with Gasteiger partial charge in [-0.25, -0.2) is 9.18 Å². The van der Waals surface area contributed by atoms with Gasteiger partial charge >= 0.3 is 5.97 Å². The van der Waals surface area contributed by atoms with Gasteiger partial charge in [-0.05, 0) is 25.8 Å². The van der Waals surface area contributed by atoms with Gasteiger partial charge in [-0.3, -0.25) is 4.79 Å². The Balaban J connectivity index is 1.89. The molecule has 0 spiro atoms. The second kappa shape index (κ2) is 6.67. The molecular weight excluding hydrogens is 393 g/mol. The number of fused-ring (bicyclic) bond motifs is 7. The zero-order valence-corrected chi connectivity index (χ0v) is 16.7. The van der Waals surface area contributed by atoms with E-state index in [1.54, 1.807) is 17.5 Å². The third-order valence-corrected chi connectivity index (χ3v) is 6.59. The number of hydrogen-bond acceptors (Lipinski definition) is 6. The lowest BCUT2D eigenvalue weighted by Crippen LogP contribution is -2.31. The molecule has 150 valence electrons. The maximum Gasteiger partial charge on any atom is 0.345 e. The summed E-state index contributed by atoms with van der Waals surface area (Å²) in [5, 5.41) is 1.98. The molecule has 2 N–H and O–H groups in total. The number of thiazole rings is 1. The zero-order chi connectivity index (χ0) is 20.3. The van der Waals surface area contributed by atoms with Crippen LogP contribution in [0.25, 0.3) is 21.8 Å². The van der Waals surface area contributed by atoms with Gasteiger partial charge in [-0.2, -0.15) is 0 Å². The summed E-state index contributed by atoms with van der Waals surface area (Å²) in [5.74, 6) is -1.16. The normalized spacial score (nSPS) is 20.7. The molecule has 4 heterocycles. The largest absolute Gasteiger partial charge is 0.462 e. The number of nitrogens with two attached hydrogens (primary N) is 1. The van der Waals surface area contributed by atoms with E-state index in [0.717, 1.165) is 12.8 Å². The smallest absolute Gasteiger partial charge is 0.345 e. The quantitative estimate of drug-likeness (QED) is 0.653. The fraction of sp³-hybridized carbons (Fsp3) is 0.333. The lowest BCUT2D eigenvalue weighted by Gasteiger charge is -2.27. The molecule has 29 heavy (non-hydrogen) atoms. The van der Waals surface area contributed by atoms with Gasteiger partial charge < -0.3 is 19.8 Å². The van der Waals surface area contributed by atoms with Crippen LogP contribution in [0.3, 0.4) is 0 Å². The van der Waals surface area contributed by atoms with Crippen molar-refractivity contribution in [3.63, 3.8) is 0 Å². The molecule has 0 radical (unpaired) electrons. The van der Waals surface area contributed by atoms with Crippen molar-refractivity contribution in [2.75, 3.05) is 18.1 Å². The van der Waals surface area contributed by atoms with Crippen LogP contribution in [0.1, 0.15) is 35.7 Å². The average Bonchev–Trinajstić information content (AvgIpc) is 3.24. The predicted octanol–water partition coefficient (Wildman–Crippen LogP) is 3.15. The number of esters is 1. The molecule has 1 aromatic carbocycles. The maximum atomic E-state index is 15.4. The standard InChI is InChI=1S/C21H20FN3O3S/c1-2-28-21(27)16-19(26)14-9-15(22)18-13(17(14)24-6-7-29-20(16)24)5-3-4-12-8-11(23)10-25(12)18/h3,5-7,9,11-12H,2,4,8,10,23H2,1H3/t11-,12+/m0/s1. The summed E-state index contributed by atoms with van der Waals surface area (Å²) in [4.78, 5) is 28.2. The second-order valence-corrected chi connectivity index (χ2v) is 8.35. The Hall–Kier alpha value is -2.71. The minimum atomic E-state index is -0.684.